The molecule has 8 atom stereocenters. The average molecular weight is 715 g/mol. The van der Waals surface area contributed by atoms with Crippen LogP contribution in [0.25, 0.3) is 6.08 Å². The number of hydrogen-bond donors (Lipinski definition) is 0. The van der Waals surface area contributed by atoms with Crippen molar-refractivity contribution < 1.29 is 23.5 Å². The van der Waals surface area contributed by atoms with Crippen molar-refractivity contribution in [2.75, 3.05) is 26.2 Å². The van der Waals surface area contributed by atoms with Crippen LogP contribution >= 0.6 is 0 Å². The van der Waals surface area contributed by atoms with E-state index in [4.69, 9.17) is 4.74 Å². The van der Waals surface area contributed by atoms with E-state index in [1.807, 2.05) is 4.90 Å². The lowest BCUT2D eigenvalue weighted by Crippen LogP contribution is -2.66. The molecule has 0 spiro atoms. The fraction of sp³-hybridized carbons (Fsp3) is 0.711. The highest BCUT2D eigenvalue weighted by Gasteiger charge is 2.69. The van der Waals surface area contributed by atoms with Crippen molar-refractivity contribution in [3.63, 3.8) is 0 Å². The molecule has 1 aliphatic heterocycles. The Kier molecular flexibility index (Phi) is 9.21. The zero-order chi connectivity index (χ0) is 37.5. The number of fused-ring (bicyclic) bond motifs is 7. The standard InChI is InChI=1S/C45H63FN2O4/c1-30(49)52-37-18-19-42(6)35(41(37,4)5)17-20-44(8)36(42)15-14-33-34-29-40(2,3)21-23-45(34,24-22-43(33,44)7)39(51)48-27-25-47(26-28-48)38(50)16-11-31-9-12-32(46)13-10-31/h9-14,16,34-37H,15,17-29H2,1-8H3/b16-11+/t34-,35-,36+,37-,42-,43+,44+,45-/m0/s1. The number of benzene rings is 1. The van der Waals surface area contributed by atoms with Crippen molar-refractivity contribution in [3.8, 4) is 0 Å². The van der Waals surface area contributed by atoms with E-state index in [0.29, 0.717) is 43.9 Å². The second-order valence-corrected chi connectivity index (χ2v) is 19.8. The second-order valence-electron chi connectivity index (χ2n) is 19.8. The topological polar surface area (TPSA) is 66.9 Å². The Balaban J connectivity index is 1.12. The quantitative estimate of drug-likeness (QED) is 0.177. The molecule has 52 heavy (non-hydrogen) atoms. The first kappa shape index (κ1) is 37.4. The van der Waals surface area contributed by atoms with Gasteiger partial charge in [-0.15, -0.1) is 0 Å². The Labute approximate surface area is 312 Å². The number of piperazine rings is 1. The van der Waals surface area contributed by atoms with Gasteiger partial charge in [-0.05, 0) is 127 Å². The van der Waals surface area contributed by atoms with Crippen LogP contribution in [0.1, 0.15) is 125 Å². The Morgan fingerprint density at radius 3 is 2.13 bits per heavy atom. The molecule has 6 nitrogen and oxygen atoms in total. The molecule has 5 fully saturated rings. The summed E-state index contributed by atoms with van der Waals surface area (Å²) < 4.78 is 19.3. The van der Waals surface area contributed by atoms with Gasteiger partial charge in [0, 0.05) is 44.6 Å². The first-order valence-corrected chi connectivity index (χ1v) is 20.3. The minimum Gasteiger partial charge on any atom is -0.462 e. The average Bonchev–Trinajstić information content (AvgIpc) is 3.09. The highest BCUT2D eigenvalue weighted by molar-refractivity contribution is 5.92. The summed E-state index contributed by atoms with van der Waals surface area (Å²) in [4.78, 5) is 44.1. The van der Waals surface area contributed by atoms with E-state index in [1.165, 1.54) is 18.6 Å². The van der Waals surface area contributed by atoms with Gasteiger partial charge in [0.1, 0.15) is 11.9 Å². The fourth-order valence-electron chi connectivity index (χ4n) is 13.3. The summed E-state index contributed by atoms with van der Waals surface area (Å²) in [6, 6.07) is 6.13. The van der Waals surface area contributed by atoms with Crippen molar-refractivity contribution in [1.82, 2.24) is 9.80 Å². The van der Waals surface area contributed by atoms with Crippen molar-refractivity contribution >= 4 is 23.9 Å². The summed E-state index contributed by atoms with van der Waals surface area (Å²) in [6.45, 7) is 21.0. The van der Waals surface area contributed by atoms with Crippen LogP contribution in [0.5, 0.6) is 0 Å². The van der Waals surface area contributed by atoms with E-state index >= 15 is 4.79 Å². The first-order chi connectivity index (χ1) is 24.4. The van der Waals surface area contributed by atoms with Crippen molar-refractivity contribution in [2.24, 2.45) is 50.2 Å². The number of amides is 2. The Bertz CT molecular complexity index is 1650. The Morgan fingerprint density at radius 1 is 0.808 bits per heavy atom. The van der Waals surface area contributed by atoms with Gasteiger partial charge in [-0.1, -0.05) is 72.2 Å². The molecular weight excluding hydrogens is 652 g/mol. The molecule has 1 aromatic carbocycles. The van der Waals surface area contributed by atoms with Gasteiger partial charge in [-0.3, -0.25) is 14.4 Å². The maximum atomic E-state index is 15.0. The van der Waals surface area contributed by atoms with Crippen LogP contribution in [-0.4, -0.2) is 59.9 Å². The predicted octanol–water partition coefficient (Wildman–Crippen LogP) is 9.24. The van der Waals surface area contributed by atoms with E-state index in [9.17, 15) is 14.0 Å². The van der Waals surface area contributed by atoms with Crippen LogP contribution in [-0.2, 0) is 19.1 Å². The Hall–Kier alpha value is -2.96. The van der Waals surface area contributed by atoms with E-state index < -0.39 is 0 Å². The van der Waals surface area contributed by atoms with E-state index in [-0.39, 0.29) is 62.2 Å². The van der Waals surface area contributed by atoms with Crippen LogP contribution in [0, 0.1) is 56.1 Å². The zero-order valence-electron chi connectivity index (χ0n) is 33.2. The summed E-state index contributed by atoms with van der Waals surface area (Å²) >= 11 is 0. The summed E-state index contributed by atoms with van der Waals surface area (Å²) in [5, 5.41) is 0. The number of hydrogen-bond acceptors (Lipinski definition) is 4. The lowest BCUT2D eigenvalue weighted by Gasteiger charge is -2.71. The maximum absolute atomic E-state index is 15.0. The van der Waals surface area contributed by atoms with Crippen molar-refractivity contribution in [1.29, 1.82) is 0 Å². The van der Waals surface area contributed by atoms with Crippen LogP contribution in [0.4, 0.5) is 4.39 Å². The number of carbonyl (C=O) groups is 3. The Morgan fingerprint density at radius 2 is 1.46 bits per heavy atom. The molecule has 0 unspecified atom stereocenters. The monoisotopic (exact) mass is 714 g/mol. The normalized spacial score (nSPS) is 39.4. The smallest absolute Gasteiger partial charge is 0.302 e. The van der Waals surface area contributed by atoms with Crippen LogP contribution in [0.15, 0.2) is 42.0 Å². The van der Waals surface area contributed by atoms with Crippen molar-refractivity contribution in [2.45, 2.75) is 126 Å². The molecule has 0 N–H and O–H groups in total. The molecule has 6 aliphatic rings. The second kappa shape index (κ2) is 12.8. The molecule has 0 aromatic heterocycles. The molecular formula is C45H63FN2O4. The van der Waals surface area contributed by atoms with Gasteiger partial charge in [0.05, 0.1) is 5.41 Å². The maximum Gasteiger partial charge on any atom is 0.302 e. The van der Waals surface area contributed by atoms with Crippen LogP contribution in [0.3, 0.4) is 0 Å². The third-order valence-electron chi connectivity index (χ3n) is 16.5. The minimum absolute atomic E-state index is 0.0265. The largest absolute Gasteiger partial charge is 0.462 e. The highest BCUT2D eigenvalue weighted by Crippen LogP contribution is 2.76. The third-order valence-corrected chi connectivity index (χ3v) is 16.5. The van der Waals surface area contributed by atoms with E-state index in [2.05, 4.69) is 59.4 Å². The molecule has 5 aliphatic carbocycles. The van der Waals surface area contributed by atoms with Gasteiger partial charge in [-0.25, -0.2) is 4.39 Å². The fourth-order valence-corrected chi connectivity index (χ4v) is 13.3. The zero-order valence-corrected chi connectivity index (χ0v) is 33.2. The lowest BCUT2D eigenvalue weighted by atomic mass is 9.33. The molecule has 0 bridgehead atoms. The SMILES string of the molecule is CC(=O)O[C@H]1CC[C@]2(C)[C@H]3CC=C4[C@@H]5CC(C)(C)CC[C@]5(C(=O)N5CCN(C(=O)/C=C/c6ccc(F)cc6)CC5)CC[C@@]4(C)[C@]3(C)CC[C@H]2C1(C)C. The summed E-state index contributed by atoms with van der Waals surface area (Å²) in [6.07, 6.45) is 16.3. The number of rotatable bonds is 4. The molecule has 1 heterocycles. The number of allylic oxidation sites excluding steroid dienone is 2. The van der Waals surface area contributed by atoms with Crippen LogP contribution in [0.2, 0.25) is 0 Å². The molecule has 1 saturated heterocycles. The van der Waals surface area contributed by atoms with Crippen LogP contribution < -0.4 is 0 Å². The molecule has 284 valence electrons. The molecule has 7 rings (SSSR count). The number of esters is 1. The number of carbonyl (C=O) groups excluding carboxylic acids is 3. The number of halogens is 1. The number of ether oxygens (including phenoxy) is 1. The first-order valence-electron chi connectivity index (χ1n) is 20.3. The minimum atomic E-state index is -0.385. The van der Waals surface area contributed by atoms with E-state index in [1.54, 1.807) is 36.8 Å². The van der Waals surface area contributed by atoms with Gasteiger partial charge in [-0.2, -0.15) is 0 Å². The molecule has 1 aromatic rings. The molecule has 2 amide bonds. The van der Waals surface area contributed by atoms with Gasteiger partial charge >= 0.3 is 5.97 Å². The summed E-state index contributed by atoms with van der Waals surface area (Å²) in [5.41, 5.74) is 2.42. The highest BCUT2D eigenvalue weighted by atomic mass is 19.1. The predicted molar refractivity (Wildman–Crippen MR) is 203 cm³/mol. The molecule has 7 heteroatoms. The van der Waals surface area contributed by atoms with Gasteiger partial charge in [0.15, 0.2) is 0 Å². The van der Waals surface area contributed by atoms with E-state index in [0.717, 1.165) is 63.4 Å². The van der Waals surface area contributed by atoms with Gasteiger partial charge in [0.2, 0.25) is 11.8 Å². The van der Waals surface area contributed by atoms with Gasteiger partial charge < -0.3 is 14.5 Å². The lowest BCUT2D eigenvalue weighted by molar-refractivity contribution is -0.212. The van der Waals surface area contributed by atoms with Crippen molar-refractivity contribution in [3.05, 3.63) is 53.4 Å². The number of nitrogens with zero attached hydrogens (tertiary/aromatic N) is 2. The summed E-state index contributed by atoms with van der Waals surface area (Å²) in [7, 11) is 0. The molecule has 4 saturated carbocycles. The van der Waals surface area contributed by atoms with Gasteiger partial charge in [0.25, 0.3) is 0 Å². The molecule has 0 radical (unpaired) electrons. The third kappa shape index (κ3) is 5.81. The summed E-state index contributed by atoms with van der Waals surface area (Å²) in [5.74, 6) is 1.07.